The van der Waals surface area contributed by atoms with E-state index in [4.69, 9.17) is 0 Å². The number of amides is 1. The van der Waals surface area contributed by atoms with Crippen molar-refractivity contribution in [3.05, 3.63) is 54.4 Å². The molecule has 138 valence electrons. The number of alkyl halides is 3. The smallest absolute Gasteiger partial charge is 0.343 e. The Morgan fingerprint density at radius 1 is 1.12 bits per heavy atom. The van der Waals surface area contributed by atoms with Crippen molar-refractivity contribution in [2.24, 2.45) is 0 Å². The Bertz CT molecular complexity index is 738. The molecule has 1 amide bonds. The van der Waals surface area contributed by atoms with Gasteiger partial charge in [0.1, 0.15) is 0 Å². The van der Waals surface area contributed by atoms with Crippen LogP contribution >= 0.6 is 0 Å². The summed E-state index contributed by atoms with van der Waals surface area (Å²) in [6.07, 6.45) is -0.706. The van der Waals surface area contributed by atoms with E-state index in [1.165, 1.54) is 5.56 Å². The van der Waals surface area contributed by atoms with Crippen LogP contribution in [0.25, 0.3) is 11.1 Å². The summed E-state index contributed by atoms with van der Waals surface area (Å²) in [4.78, 5) is 17.7. The van der Waals surface area contributed by atoms with Gasteiger partial charge in [0, 0.05) is 37.5 Å². The van der Waals surface area contributed by atoms with Gasteiger partial charge in [-0.15, -0.1) is 0 Å². The number of pyridine rings is 1. The van der Waals surface area contributed by atoms with E-state index < -0.39 is 24.9 Å². The molecule has 0 radical (unpaired) electrons. The molecular weight excluding hydrogens is 341 g/mol. The minimum absolute atomic E-state index is 0.290. The lowest BCUT2D eigenvalue weighted by Gasteiger charge is -2.33. The molecule has 3 rings (SSSR count). The number of nitrogens with zero attached hydrogens (tertiary/aromatic N) is 2. The number of hydrogen-bond acceptors (Lipinski definition) is 2. The van der Waals surface area contributed by atoms with Crippen LogP contribution in [0.5, 0.6) is 0 Å². The van der Waals surface area contributed by atoms with Crippen LogP contribution in [0.15, 0.2) is 48.8 Å². The predicted octanol–water partition coefficient (Wildman–Crippen LogP) is 4.80. The first-order valence-electron chi connectivity index (χ1n) is 8.78. The summed E-state index contributed by atoms with van der Waals surface area (Å²) >= 11 is 0. The maximum atomic E-state index is 12.3. The summed E-state index contributed by atoms with van der Waals surface area (Å²) in [5.74, 6) is -0.112. The van der Waals surface area contributed by atoms with Crippen molar-refractivity contribution in [2.75, 3.05) is 13.1 Å². The summed E-state index contributed by atoms with van der Waals surface area (Å²) in [5, 5.41) is 0. The average molecular weight is 362 g/mol. The molecule has 1 aliphatic heterocycles. The van der Waals surface area contributed by atoms with Crippen molar-refractivity contribution in [2.45, 2.75) is 37.8 Å². The highest BCUT2D eigenvalue weighted by atomic mass is 19.4. The molecule has 0 N–H and O–H groups in total. The lowest BCUT2D eigenvalue weighted by Crippen LogP contribution is -2.38. The Morgan fingerprint density at radius 3 is 2.50 bits per heavy atom. The van der Waals surface area contributed by atoms with E-state index in [1.807, 2.05) is 30.5 Å². The van der Waals surface area contributed by atoms with Crippen LogP contribution in [0.4, 0.5) is 13.2 Å². The zero-order valence-corrected chi connectivity index (χ0v) is 14.4. The van der Waals surface area contributed by atoms with Crippen LogP contribution in [-0.2, 0) is 4.79 Å². The molecule has 2 heterocycles. The van der Waals surface area contributed by atoms with Crippen LogP contribution in [-0.4, -0.2) is 35.1 Å². The quantitative estimate of drug-likeness (QED) is 0.783. The molecule has 26 heavy (non-hydrogen) atoms. The fourth-order valence-corrected chi connectivity index (χ4v) is 3.48. The standard InChI is InChI=1S/C20H21F3N2O/c21-20(22,23)10-7-19(26)25-12-8-15(9-13-25)17-5-1-2-6-18(17)16-4-3-11-24-14-16/h1-6,11,14-15H,7-10,12-13H2. The van der Waals surface area contributed by atoms with Crippen LogP contribution in [0, 0.1) is 0 Å². The third kappa shape index (κ3) is 4.62. The molecule has 1 saturated heterocycles. The SMILES string of the molecule is O=C(CCC(F)(F)F)N1CCC(c2ccccc2-c2cccnc2)CC1. The molecule has 1 aromatic heterocycles. The molecule has 0 bridgehead atoms. The third-order valence-corrected chi connectivity index (χ3v) is 4.84. The number of aromatic nitrogens is 1. The summed E-state index contributed by atoms with van der Waals surface area (Å²) in [5.41, 5.74) is 3.39. The second kappa shape index (κ2) is 7.89. The normalized spacial score (nSPS) is 15.9. The first-order valence-corrected chi connectivity index (χ1v) is 8.78. The molecule has 1 aliphatic rings. The van der Waals surface area contributed by atoms with E-state index in [2.05, 4.69) is 17.1 Å². The highest BCUT2D eigenvalue weighted by molar-refractivity contribution is 5.76. The Hall–Kier alpha value is -2.37. The van der Waals surface area contributed by atoms with Gasteiger partial charge in [-0.2, -0.15) is 13.2 Å². The lowest BCUT2D eigenvalue weighted by molar-refractivity contribution is -0.149. The first-order chi connectivity index (χ1) is 12.4. The van der Waals surface area contributed by atoms with Crippen LogP contribution in [0.2, 0.25) is 0 Å². The molecule has 6 heteroatoms. The van der Waals surface area contributed by atoms with Gasteiger partial charge in [0.2, 0.25) is 5.91 Å². The number of piperidine rings is 1. The van der Waals surface area contributed by atoms with Gasteiger partial charge in [0.05, 0.1) is 6.42 Å². The van der Waals surface area contributed by atoms with Gasteiger partial charge in [-0.1, -0.05) is 30.3 Å². The number of benzene rings is 1. The topological polar surface area (TPSA) is 33.2 Å². The van der Waals surface area contributed by atoms with Crippen molar-refractivity contribution >= 4 is 5.91 Å². The molecule has 1 aromatic carbocycles. The monoisotopic (exact) mass is 362 g/mol. The highest BCUT2D eigenvalue weighted by Crippen LogP contribution is 2.35. The van der Waals surface area contributed by atoms with E-state index in [9.17, 15) is 18.0 Å². The molecule has 3 nitrogen and oxygen atoms in total. The van der Waals surface area contributed by atoms with E-state index in [0.717, 1.165) is 24.0 Å². The van der Waals surface area contributed by atoms with Crippen molar-refractivity contribution in [1.29, 1.82) is 0 Å². The van der Waals surface area contributed by atoms with Gasteiger partial charge in [0.15, 0.2) is 0 Å². The molecule has 0 aliphatic carbocycles. The Labute approximate surface area is 150 Å². The van der Waals surface area contributed by atoms with E-state index in [-0.39, 0.29) is 5.92 Å². The van der Waals surface area contributed by atoms with Crippen molar-refractivity contribution in [1.82, 2.24) is 9.88 Å². The number of halogens is 3. The largest absolute Gasteiger partial charge is 0.389 e. The number of rotatable bonds is 4. The molecule has 0 saturated carbocycles. The van der Waals surface area contributed by atoms with Crippen molar-refractivity contribution in [3.63, 3.8) is 0 Å². The van der Waals surface area contributed by atoms with E-state index in [0.29, 0.717) is 13.1 Å². The third-order valence-electron chi connectivity index (χ3n) is 4.84. The molecular formula is C20H21F3N2O. The minimum Gasteiger partial charge on any atom is -0.343 e. The van der Waals surface area contributed by atoms with Gasteiger partial charge in [0.25, 0.3) is 0 Å². The maximum absolute atomic E-state index is 12.3. The van der Waals surface area contributed by atoms with E-state index in [1.54, 1.807) is 11.1 Å². The molecule has 0 spiro atoms. The second-order valence-corrected chi connectivity index (χ2v) is 6.60. The first kappa shape index (κ1) is 18.4. The highest BCUT2D eigenvalue weighted by Gasteiger charge is 2.31. The van der Waals surface area contributed by atoms with Crippen molar-refractivity contribution < 1.29 is 18.0 Å². The summed E-state index contributed by atoms with van der Waals surface area (Å²) in [6, 6.07) is 12.1. The van der Waals surface area contributed by atoms with Gasteiger partial charge in [-0.3, -0.25) is 9.78 Å². The van der Waals surface area contributed by atoms with Gasteiger partial charge < -0.3 is 4.90 Å². The Balaban J connectivity index is 1.65. The molecule has 1 fully saturated rings. The minimum atomic E-state index is -4.28. The Morgan fingerprint density at radius 2 is 1.85 bits per heavy atom. The number of carbonyl (C=O) groups excluding carboxylic acids is 1. The fraction of sp³-hybridized carbons (Fsp3) is 0.400. The summed E-state index contributed by atoms with van der Waals surface area (Å²) in [6.45, 7) is 1.01. The van der Waals surface area contributed by atoms with Crippen LogP contribution < -0.4 is 0 Å². The fourth-order valence-electron chi connectivity index (χ4n) is 3.48. The average Bonchev–Trinajstić information content (AvgIpc) is 2.66. The number of carbonyl (C=O) groups is 1. The van der Waals surface area contributed by atoms with Crippen molar-refractivity contribution in [3.8, 4) is 11.1 Å². The molecule has 0 atom stereocenters. The lowest BCUT2D eigenvalue weighted by atomic mass is 9.85. The Kier molecular flexibility index (Phi) is 5.59. The molecule has 2 aromatic rings. The number of likely N-dealkylation sites (tertiary alicyclic amines) is 1. The summed E-state index contributed by atoms with van der Waals surface area (Å²) < 4.78 is 36.9. The van der Waals surface area contributed by atoms with E-state index >= 15 is 0 Å². The zero-order valence-electron chi connectivity index (χ0n) is 14.4. The zero-order chi connectivity index (χ0) is 18.6. The summed E-state index contributed by atoms with van der Waals surface area (Å²) in [7, 11) is 0. The molecule has 0 unspecified atom stereocenters. The predicted molar refractivity (Wildman–Crippen MR) is 93.5 cm³/mol. The van der Waals surface area contributed by atoms with Crippen LogP contribution in [0.1, 0.15) is 37.2 Å². The second-order valence-electron chi connectivity index (χ2n) is 6.60. The maximum Gasteiger partial charge on any atom is 0.389 e. The van der Waals surface area contributed by atoms with Gasteiger partial charge in [-0.05, 0) is 36.0 Å². The number of hydrogen-bond donors (Lipinski definition) is 0. The van der Waals surface area contributed by atoms with Gasteiger partial charge in [-0.25, -0.2) is 0 Å². The van der Waals surface area contributed by atoms with Crippen LogP contribution in [0.3, 0.4) is 0 Å². The van der Waals surface area contributed by atoms with Gasteiger partial charge >= 0.3 is 6.18 Å².